The number of urea groups is 1. The van der Waals surface area contributed by atoms with E-state index in [9.17, 15) is 18.0 Å². The molecule has 0 bridgehead atoms. The Kier molecular flexibility index (Phi) is 6.82. The first-order valence-corrected chi connectivity index (χ1v) is 7.50. The lowest BCUT2D eigenvalue weighted by Gasteiger charge is -2.32. The Morgan fingerprint density at radius 3 is 2.35 bits per heavy atom. The summed E-state index contributed by atoms with van der Waals surface area (Å²) in [6.07, 6.45) is -5.88. The van der Waals surface area contributed by atoms with Crippen molar-refractivity contribution in [1.29, 1.82) is 0 Å². The molecule has 1 N–H and O–H groups in total. The second-order valence-corrected chi connectivity index (χ2v) is 6.80. The van der Waals surface area contributed by atoms with Crippen LogP contribution in [0.1, 0.15) is 12.5 Å². The topological polar surface area (TPSA) is 41.6 Å². The van der Waals surface area contributed by atoms with Crippen LogP contribution in [0.5, 0.6) is 0 Å². The van der Waals surface area contributed by atoms with Gasteiger partial charge in [0.1, 0.15) is 0 Å². The Bertz CT molecular complexity index is 550. The van der Waals surface area contributed by atoms with Crippen molar-refractivity contribution in [1.82, 2.24) is 4.90 Å². The molecule has 10 heteroatoms. The summed E-state index contributed by atoms with van der Waals surface area (Å²) in [5.74, 6) is 0. The molecule has 1 atom stereocenters. The van der Waals surface area contributed by atoms with E-state index in [4.69, 9.17) is 39.5 Å². The van der Waals surface area contributed by atoms with E-state index < -0.39 is 33.5 Å². The Labute approximate surface area is 146 Å². The van der Waals surface area contributed by atoms with Crippen LogP contribution < -0.4 is 5.32 Å². The van der Waals surface area contributed by atoms with Crippen LogP contribution in [0.25, 0.3) is 0 Å². The monoisotopic (exact) mass is 392 g/mol. The first-order chi connectivity index (χ1) is 10.5. The number of hydrogen-bond acceptors (Lipinski definition) is 2. The number of amides is 2. The van der Waals surface area contributed by atoms with Gasteiger partial charge >= 0.3 is 12.2 Å². The molecular formula is C13H14Cl3F3N2O2. The lowest BCUT2D eigenvalue weighted by atomic mass is 10.1. The number of anilines is 1. The molecule has 23 heavy (non-hydrogen) atoms. The lowest BCUT2D eigenvalue weighted by molar-refractivity contribution is -0.136. The van der Waals surface area contributed by atoms with Crippen LogP contribution in [0.3, 0.4) is 0 Å². The minimum absolute atomic E-state index is 0.134. The van der Waals surface area contributed by atoms with Gasteiger partial charge in [-0.15, -0.1) is 0 Å². The van der Waals surface area contributed by atoms with Crippen molar-refractivity contribution in [2.45, 2.75) is 23.1 Å². The first-order valence-electron chi connectivity index (χ1n) is 6.36. The number of hydrogen-bond donors (Lipinski definition) is 1. The molecule has 0 spiro atoms. The highest BCUT2D eigenvalue weighted by atomic mass is 35.6. The van der Waals surface area contributed by atoms with Crippen LogP contribution in [-0.4, -0.2) is 34.6 Å². The molecule has 0 aromatic heterocycles. The maximum absolute atomic E-state index is 12.9. The van der Waals surface area contributed by atoms with Crippen molar-refractivity contribution in [2.24, 2.45) is 0 Å². The summed E-state index contributed by atoms with van der Waals surface area (Å²) < 4.78 is 42.0. The Hall–Kier alpha value is -0.890. The van der Waals surface area contributed by atoms with Crippen LogP contribution in [0.15, 0.2) is 24.3 Å². The molecule has 1 rings (SSSR count). The summed E-state index contributed by atoms with van der Waals surface area (Å²) in [4.78, 5) is 13.0. The van der Waals surface area contributed by atoms with Gasteiger partial charge in [0.2, 0.25) is 3.79 Å². The largest absolute Gasteiger partial charge is 0.418 e. The van der Waals surface area contributed by atoms with Crippen molar-refractivity contribution in [3.63, 3.8) is 0 Å². The molecule has 0 saturated carbocycles. The molecule has 0 aliphatic carbocycles. The van der Waals surface area contributed by atoms with E-state index in [1.54, 1.807) is 6.92 Å². The van der Waals surface area contributed by atoms with E-state index >= 15 is 0 Å². The highest BCUT2D eigenvalue weighted by Gasteiger charge is 2.39. The molecule has 0 radical (unpaired) electrons. The molecule has 130 valence electrons. The maximum Gasteiger partial charge on any atom is 0.418 e. The maximum atomic E-state index is 12.9. The van der Waals surface area contributed by atoms with E-state index in [1.807, 2.05) is 0 Å². The molecule has 0 aliphatic rings. The van der Waals surface area contributed by atoms with Crippen molar-refractivity contribution in [3.8, 4) is 0 Å². The van der Waals surface area contributed by atoms with E-state index in [0.29, 0.717) is 0 Å². The number of rotatable bonds is 4. The third-order valence-electron chi connectivity index (χ3n) is 2.75. The minimum Gasteiger partial charge on any atom is -0.354 e. The Morgan fingerprint density at radius 2 is 1.87 bits per heavy atom. The van der Waals surface area contributed by atoms with Gasteiger partial charge in [-0.2, -0.15) is 13.2 Å². The third-order valence-corrected chi connectivity index (χ3v) is 3.31. The molecule has 1 aromatic rings. The number of carbonyl (C=O) groups is 1. The van der Waals surface area contributed by atoms with Crippen molar-refractivity contribution >= 4 is 46.5 Å². The fourth-order valence-corrected chi connectivity index (χ4v) is 2.36. The molecular weight excluding hydrogens is 380 g/mol. The number of benzene rings is 1. The van der Waals surface area contributed by atoms with Crippen LogP contribution >= 0.6 is 34.8 Å². The summed E-state index contributed by atoms with van der Waals surface area (Å²) in [6.45, 7) is 1.75. The molecule has 0 saturated heterocycles. The van der Waals surface area contributed by atoms with Gasteiger partial charge in [0.15, 0.2) is 6.23 Å². The van der Waals surface area contributed by atoms with Crippen LogP contribution in [0, 0.1) is 0 Å². The van der Waals surface area contributed by atoms with Gasteiger partial charge in [0.25, 0.3) is 0 Å². The molecule has 0 fully saturated rings. The summed E-state index contributed by atoms with van der Waals surface area (Å²) in [6, 6.07) is 3.64. The Balaban J connectivity index is 2.99. The van der Waals surface area contributed by atoms with Gasteiger partial charge in [-0.05, 0) is 19.1 Å². The standard InChI is InChI=1S/C13H14Cl3F3N2O2/c1-3-23-10(12(14,15)16)21(2)11(22)20-9-7-5-4-6-8(9)13(17,18)19/h4-7,10H,3H2,1-2H3,(H,20,22). The van der Waals surface area contributed by atoms with Gasteiger partial charge in [0.05, 0.1) is 11.3 Å². The zero-order chi connectivity index (χ0) is 17.8. The van der Waals surface area contributed by atoms with Gasteiger partial charge in [-0.25, -0.2) is 4.79 Å². The SMILES string of the molecule is CCOC(N(C)C(=O)Nc1ccccc1C(F)(F)F)C(Cl)(Cl)Cl. The molecule has 0 aliphatic heterocycles. The fraction of sp³-hybridized carbons (Fsp3) is 0.462. The number of ether oxygens (including phenoxy) is 1. The van der Waals surface area contributed by atoms with Crippen LogP contribution in [0.4, 0.5) is 23.7 Å². The second-order valence-electron chi connectivity index (χ2n) is 4.43. The molecule has 1 unspecified atom stereocenters. The number of nitrogens with one attached hydrogen (secondary N) is 1. The van der Waals surface area contributed by atoms with Crippen LogP contribution in [0.2, 0.25) is 0 Å². The Morgan fingerprint density at radius 1 is 1.30 bits per heavy atom. The number of para-hydroxylation sites is 1. The molecule has 4 nitrogen and oxygen atoms in total. The van der Waals surface area contributed by atoms with Gasteiger partial charge in [0, 0.05) is 13.7 Å². The number of nitrogens with zero attached hydrogens (tertiary/aromatic N) is 1. The highest BCUT2D eigenvalue weighted by molar-refractivity contribution is 6.68. The molecule has 2 amide bonds. The second kappa shape index (κ2) is 7.79. The van der Waals surface area contributed by atoms with Crippen molar-refractivity contribution in [3.05, 3.63) is 29.8 Å². The first kappa shape index (κ1) is 20.2. The summed E-state index contributed by atoms with van der Waals surface area (Å²) in [7, 11) is 1.24. The summed E-state index contributed by atoms with van der Waals surface area (Å²) >= 11 is 17.2. The highest BCUT2D eigenvalue weighted by Crippen LogP contribution is 2.36. The number of alkyl halides is 6. The predicted octanol–water partition coefficient (Wildman–Crippen LogP) is 4.90. The smallest absolute Gasteiger partial charge is 0.354 e. The van der Waals surface area contributed by atoms with E-state index in [1.165, 1.54) is 19.2 Å². The van der Waals surface area contributed by atoms with Gasteiger partial charge < -0.3 is 10.1 Å². The van der Waals surface area contributed by atoms with Crippen molar-refractivity contribution in [2.75, 3.05) is 19.0 Å². The molecule has 1 aromatic carbocycles. The van der Waals surface area contributed by atoms with Gasteiger partial charge in [-0.1, -0.05) is 46.9 Å². The number of carbonyl (C=O) groups excluding carboxylic acids is 1. The fourth-order valence-electron chi connectivity index (χ4n) is 1.73. The average Bonchev–Trinajstić information content (AvgIpc) is 2.42. The third kappa shape index (κ3) is 5.60. The zero-order valence-corrected chi connectivity index (χ0v) is 14.4. The summed E-state index contributed by atoms with van der Waals surface area (Å²) in [5, 5.41) is 2.14. The minimum atomic E-state index is -4.61. The summed E-state index contributed by atoms with van der Waals surface area (Å²) in [5.41, 5.74) is -1.39. The van der Waals surface area contributed by atoms with E-state index in [2.05, 4.69) is 5.32 Å². The average molecular weight is 394 g/mol. The zero-order valence-electron chi connectivity index (χ0n) is 12.1. The van der Waals surface area contributed by atoms with E-state index in [0.717, 1.165) is 17.0 Å². The lowest BCUT2D eigenvalue weighted by Crippen LogP contribution is -2.48. The van der Waals surface area contributed by atoms with Crippen LogP contribution in [-0.2, 0) is 10.9 Å². The number of halogens is 6. The molecule has 0 heterocycles. The van der Waals surface area contributed by atoms with E-state index in [-0.39, 0.29) is 6.61 Å². The van der Waals surface area contributed by atoms with Gasteiger partial charge in [-0.3, -0.25) is 4.90 Å². The predicted molar refractivity (Wildman–Crippen MR) is 83.9 cm³/mol. The van der Waals surface area contributed by atoms with Crippen molar-refractivity contribution < 1.29 is 22.7 Å². The normalized spacial score (nSPS) is 13.6. The quantitative estimate of drug-likeness (QED) is 0.584.